The molecule has 0 atom stereocenters. The van der Waals surface area contributed by atoms with Crippen molar-refractivity contribution < 1.29 is 23.7 Å². The number of phenols is 1. The van der Waals surface area contributed by atoms with Crippen LogP contribution in [0.4, 0.5) is 4.39 Å². The van der Waals surface area contributed by atoms with E-state index in [1.165, 1.54) is 30.6 Å². The van der Waals surface area contributed by atoms with E-state index in [1.54, 1.807) is 48.9 Å². The van der Waals surface area contributed by atoms with Gasteiger partial charge in [0.25, 0.3) is 0 Å². The van der Waals surface area contributed by atoms with Crippen molar-refractivity contribution in [3.05, 3.63) is 131 Å². The fraction of sp³-hybridized carbons (Fsp3) is 0.244. The number of nitrogens with zero attached hydrogens (tertiary/aromatic N) is 6. The third-order valence-corrected chi connectivity index (χ3v) is 12.0. The molecule has 1 saturated heterocycles. The van der Waals surface area contributed by atoms with E-state index in [0.29, 0.717) is 52.4 Å². The summed E-state index contributed by atoms with van der Waals surface area (Å²) in [6.45, 7) is 7.68. The number of hydrogen-bond acceptors (Lipinski definition) is 11. The standard InChI is InChI=1S/C45H42ClFN6O4S/c1-28-33(15-16-38(41(28)46)56-24-23-53-21-19-52(2)20-22-53)39-40-35(49-27-50-45(40)58-43(39)29-11-13-31(47)14-12-29)25-30-7-4-5-10-37(30)57-26-32-17-18-48-44(51-32)34-8-6-9-36(54)42(34)55-3/h4-18,27,54H,19-26H2,1-3H3. The van der Waals surface area contributed by atoms with Crippen LogP contribution < -0.4 is 14.2 Å². The summed E-state index contributed by atoms with van der Waals surface area (Å²) in [6.07, 6.45) is 3.69. The van der Waals surface area contributed by atoms with Gasteiger partial charge < -0.3 is 24.2 Å². The molecule has 1 aliphatic heterocycles. The van der Waals surface area contributed by atoms with Crippen LogP contribution >= 0.6 is 22.9 Å². The molecule has 0 amide bonds. The summed E-state index contributed by atoms with van der Waals surface area (Å²) in [6, 6.07) is 25.2. The molecule has 0 radical (unpaired) electrons. The minimum Gasteiger partial charge on any atom is -0.504 e. The van der Waals surface area contributed by atoms with Crippen LogP contribution in [0.1, 0.15) is 22.5 Å². The van der Waals surface area contributed by atoms with Crippen molar-refractivity contribution in [2.24, 2.45) is 0 Å². The molecule has 1 N–H and O–H groups in total. The van der Waals surface area contributed by atoms with Gasteiger partial charge in [0.05, 0.1) is 29.1 Å². The highest BCUT2D eigenvalue weighted by Gasteiger charge is 2.24. The Hall–Kier alpha value is -5.66. The van der Waals surface area contributed by atoms with Gasteiger partial charge in [0.2, 0.25) is 0 Å². The summed E-state index contributed by atoms with van der Waals surface area (Å²) >= 11 is 8.64. The van der Waals surface area contributed by atoms with E-state index in [9.17, 15) is 9.50 Å². The van der Waals surface area contributed by atoms with E-state index in [2.05, 4.69) is 27.9 Å². The SMILES string of the molecule is COc1c(O)cccc1-c1nccc(COc2ccccc2Cc2ncnc3sc(-c4ccc(F)cc4)c(-c4ccc(OCCN5CCN(C)CC5)c(Cl)c4C)c23)n1. The van der Waals surface area contributed by atoms with Gasteiger partial charge in [-0.15, -0.1) is 11.3 Å². The van der Waals surface area contributed by atoms with Gasteiger partial charge in [-0.05, 0) is 73.1 Å². The Morgan fingerprint density at radius 2 is 1.67 bits per heavy atom. The van der Waals surface area contributed by atoms with E-state index in [1.807, 2.05) is 37.3 Å². The van der Waals surface area contributed by atoms with Crippen LogP contribution in [0.5, 0.6) is 23.0 Å². The predicted octanol–water partition coefficient (Wildman–Crippen LogP) is 9.09. The van der Waals surface area contributed by atoms with Gasteiger partial charge in [-0.3, -0.25) is 4.90 Å². The van der Waals surface area contributed by atoms with Gasteiger partial charge in [0.1, 0.15) is 41.7 Å². The van der Waals surface area contributed by atoms with Gasteiger partial charge in [-0.2, -0.15) is 0 Å². The fourth-order valence-electron chi connectivity index (χ4n) is 7.23. The number of fused-ring (bicyclic) bond motifs is 1. The van der Waals surface area contributed by atoms with Gasteiger partial charge in [0.15, 0.2) is 17.3 Å². The number of aromatic nitrogens is 4. The molecule has 8 rings (SSSR count). The van der Waals surface area contributed by atoms with Crippen LogP contribution in [0.15, 0.2) is 97.5 Å². The third-order valence-electron chi connectivity index (χ3n) is 10.4. The predicted molar refractivity (Wildman–Crippen MR) is 227 cm³/mol. The lowest BCUT2D eigenvalue weighted by Crippen LogP contribution is -2.45. The summed E-state index contributed by atoms with van der Waals surface area (Å²) in [5.41, 5.74) is 6.54. The minimum absolute atomic E-state index is 0.00744. The Labute approximate surface area is 345 Å². The maximum absolute atomic E-state index is 14.2. The number of rotatable bonds is 13. The second-order valence-electron chi connectivity index (χ2n) is 14.2. The lowest BCUT2D eigenvalue weighted by atomic mass is 9.94. The molecule has 296 valence electrons. The van der Waals surface area contributed by atoms with E-state index in [0.717, 1.165) is 81.3 Å². The normalized spacial score (nSPS) is 13.5. The maximum Gasteiger partial charge on any atom is 0.171 e. The molecule has 4 heterocycles. The maximum atomic E-state index is 14.2. The third kappa shape index (κ3) is 8.32. The molecule has 0 spiro atoms. The molecule has 0 saturated carbocycles. The molecule has 4 aromatic carbocycles. The van der Waals surface area contributed by atoms with Crippen LogP contribution in [0.25, 0.3) is 43.2 Å². The number of likely N-dealkylation sites (N-methyl/N-ethyl adjacent to an activating group) is 1. The van der Waals surface area contributed by atoms with E-state index in [4.69, 9.17) is 40.8 Å². The molecule has 13 heteroatoms. The van der Waals surface area contributed by atoms with E-state index in [-0.39, 0.29) is 18.2 Å². The van der Waals surface area contributed by atoms with Crippen LogP contribution in [-0.2, 0) is 13.0 Å². The number of hydrogen-bond donors (Lipinski definition) is 1. The number of methoxy groups -OCH3 is 1. The van der Waals surface area contributed by atoms with Gasteiger partial charge in [-0.1, -0.05) is 54.1 Å². The molecule has 1 aliphatic rings. The molecule has 1 fully saturated rings. The highest BCUT2D eigenvalue weighted by Crippen LogP contribution is 2.48. The molecule has 0 aliphatic carbocycles. The number of para-hydroxylation sites is 2. The number of phenolic OH excluding ortho intramolecular Hbond substituents is 1. The Balaban J connectivity index is 1.11. The Kier molecular flexibility index (Phi) is 11.8. The van der Waals surface area contributed by atoms with Crippen molar-refractivity contribution in [3.8, 4) is 56.0 Å². The van der Waals surface area contributed by atoms with Crippen molar-refractivity contribution in [1.82, 2.24) is 29.7 Å². The monoisotopic (exact) mass is 816 g/mol. The summed E-state index contributed by atoms with van der Waals surface area (Å²) in [7, 11) is 3.64. The lowest BCUT2D eigenvalue weighted by molar-refractivity contribution is 0.134. The minimum atomic E-state index is -0.307. The van der Waals surface area contributed by atoms with E-state index < -0.39 is 0 Å². The average molecular weight is 817 g/mol. The Morgan fingerprint density at radius 3 is 2.48 bits per heavy atom. The number of benzene rings is 4. The van der Waals surface area contributed by atoms with Gasteiger partial charge in [0, 0.05) is 66.7 Å². The first-order valence-electron chi connectivity index (χ1n) is 19.0. The van der Waals surface area contributed by atoms with Crippen LogP contribution in [0.2, 0.25) is 5.02 Å². The van der Waals surface area contributed by atoms with Gasteiger partial charge in [-0.25, -0.2) is 24.3 Å². The second kappa shape index (κ2) is 17.5. The van der Waals surface area contributed by atoms with Crippen LogP contribution in [0.3, 0.4) is 0 Å². The molecule has 58 heavy (non-hydrogen) atoms. The van der Waals surface area contributed by atoms with Crippen LogP contribution in [-0.4, -0.2) is 88.3 Å². The smallest absolute Gasteiger partial charge is 0.171 e. The zero-order valence-corrected chi connectivity index (χ0v) is 34.0. The Morgan fingerprint density at radius 1 is 0.862 bits per heavy atom. The lowest BCUT2D eigenvalue weighted by Gasteiger charge is -2.32. The van der Waals surface area contributed by atoms with E-state index >= 15 is 0 Å². The number of aromatic hydroxyl groups is 1. The number of ether oxygens (including phenoxy) is 3. The van der Waals surface area contributed by atoms with Crippen molar-refractivity contribution >= 4 is 33.2 Å². The molecule has 3 aromatic heterocycles. The molecule has 10 nitrogen and oxygen atoms in total. The molecular weight excluding hydrogens is 775 g/mol. The first-order valence-corrected chi connectivity index (χ1v) is 20.2. The first-order chi connectivity index (χ1) is 28.3. The number of piperazine rings is 1. The summed E-state index contributed by atoms with van der Waals surface area (Å²) in [5.74, 6) is 1.73. The van der Waals surface area contributed by atoms with Crippen molar-refractivity contribution in [2.45, 2.75) is 20.0 Å². The first kappa shape index (κ1) is 39.2. The average Bonchev–Trinajstić information content (AvgIpc) is 3.63. The zero-order chi connectivity index (χ0) is 40.2. The molecular formula is C45H42ClFN6O4S. The van der Waals surface area contributed by atoms with Gasteiger partial charge >= 0.3 is 0 Å². The second-order valence-corrected chi connectivity index (χ2v) is 15.5. The number of halogens is 2. The summed E-state index contributed by atoms with van der Waals surface area (Å²) in [5, 5.41) is 11.8. The topological polar surface area (TPSA) is 106 Å². The quantitative estimate of drug-likeness (QED) is 0.121. The zero-order valence-electron chi connectivity index (χ0n) is 32.4. The molecule has 7 aromatic rings. The fourth-order valence-corrected chi connectivity index (χ4v) is 8.63. The van der Waals surface area contributed by atoms with Crippen molar-refractivity contribution in [1.29, 1.82) is 0 Å². The highest BCUT2D eigenvalue weighted by molar-refractivity contribution is 7.22. The highest BCUT2D eigenvalue weighted by atomic mass is 35.5. The van der Waals surface area contributed by atoms with Crippen molar-refractivity contribution in [2.75, 3.05) is 53.5 Å². The largest absolute Gasteiger partial charge is 0.504 e. The molecule has 0 bridgehead atoms. The molecule has 0 unspecified atom stereocenters. The van der Waals surface area contributed by atoms with Crippen LogP contribution in [0, 0.1) is 12.7 Å². The van der Waals surface area contributed by atoms with Crippen molar-refractivity contribution in [3.63, 3.8) is 0 Å². The summed E-state index contributed by atoms with van der Waals surface area (Å²) < 4.78 is 32.3. The Bertz CT molecular complexity index is 2560. The summed E-state index contributed by atoms with van der Waals surface area (Å²) in [4.78, 5) is 25.2. The number of thiophene rings is 1.